The van der Waals surface area contributed by atoms with Gasteiger partial charge in [-0.3, -0.25) is 4.99 Å². The van der Waals surface area contributed by atoms with E-state index in [1.807, 2.05) is 7.05 Å². The van der Waals surface area contributed by atoms with E-state index in [2.05, 4.69) is 86.6 Å². The van der Waals surface area contributed by atoms with E-state index in [9.17, 15) is 0 Å². The second kappa shape index (κ2) is 10.9. The van der Waals surface area contributed by atoms with Crippen molar-refractivity contribution in [3.63, 3.8) is 0 Å². The molecule has 0 heterocycles. The maximum absolute atomic E-state index is 4.33. The highest BCUT2D eigenvalue weighted by atomic mass is 127. The lowest BCUT2D eigenvalue weighted by atomic mass is 9.93. The quantitative estimate of drug-likeness (QED) is 0.383. The van der Waals surface area contributed by atoms with E-state index >= 15 is 0 Å². The molecule has 0 aromatic heterocycles. The van der Waals surface area contributed by atoms with Crippen LogP contribution in [0, 0.1) is 12.3 Å². The minimum atomic E-state index is 0. The summed E-state index contributed by atoms with van der Waals surface area (Å²) in [7, 11) is 6.04. The highest BCUT2D eigenvalue weighted by molar-refractivity contribution is 14.0. The van der Waals surface area contributed by atoms with Crippen molar-refractivity contribution in [1.82, 2.24) is 15.5 Å². The molecular weight excluding hydrogens is 411 g/mol. The van der Waals surface area contributed by atoms with E-state index < -0.39 is 0 Å². The van der Waals surface area contributed by atoms with Crippen molar-refractivity contribution in [2.24, 2.45) is 10.4 Å². The number of nitrogens with one attached hydrogen (secondary N) is 2. The molecule has 0 aliphatic rings. The van der Waals surface area contributed by atoms with Gasteiger partial charge in [-0.15, -0.1) is 24.0 Å². The summed E-state index contributed by atoms with van der Waals surface area (Å²) >= 11 is 0. The summed E-state index contributed by atoms with van der Waals surface area (Å²) in [6.07, 6.45) is 0. The van der Waals surface area contributed by atoms with E-state index in [0.717, 1.165) is 25.6 Å². The van der Waals surface area contributed by atoms with Crippen molar-refractivity contribution < 1.29 is 0 Å². The van der Waals surface area contributed by atoms with Crippen molar-refractivity contribution in [2.75, 3.05) is 40.8 Å². The highest BCUT2D eigenvalue weighted by Crippen LogP contribution is 2.15. The Labute approximate surface area is 165 Å². The average molecular weight is 446 g/mol. The van der Waals surface area contributed by atoms with Crippen LogP contribution in [0.2, 0.25) is 0 Å². The van der Waals surface area contributed by atoms with Gasteiger partial charge in [-0.2, -0.15) is 0 Å². The summed E-state index contributed by atoms with van der Waals surface area (Å²) in [6, 6.07) is 8.75. The van der Waals surface area contributed by atoms with Crippen LogP contribution in [0.15, 0.2) is 29.3 Å². The second-order valence-corrected chi connectivity index (χ2v) is 7.52. The molecule has 0 amide bonds. The number of rotatable bonds is 7. The third-order valence-electron chi connectivity index (χ3n) is 3.92. The van der Waals surface area contributed by atoms with Crippen LogP contribution in [0.25, 0.3) is 0 Å². The number of nitrogens with zero attached hydrogens (tertiary/aromatic N) is 2. The monoisotopic (exact) mass is 446 g/mol. The van der Waals surface area contributed by atoms with Crippen molar-refractivity contribution in [3.8, 4) is 0 Å². The Morgan fingerprint density at radius 3 is 2.25 bits per heavy atom. The molecule has 0 fully saturated rings. The zero-order valence-electron chi connectivity index (χ0n) is 16.3. The predicted octanol–water partition coefficient (Wildman–Crippen LogP) is 3.47. The standard InChI is InChI=1S/C19H34N4.HI/c1-15-8-10-17(11-9-15)16(2)12-21-18(20-5)22-13-19(3,4)14-23(6)7;/h8-11,16H,12-14H2,1-7H3,(H2,20,21,22);1H. The number of aliphatic imine (C=N–C) groups is 1. The molecule has 0 saturated heterocycles. The lowest BCUT2D eigenvalue weighted by Crippen LogP contribution is -2.45. The molecule has 4 nitrogen and oxygen atoms in total. The van der Waals surface area contributed by atoms with Crippen molar-refractivity contribution >= 4 is 29.9 Å². The van der Waals surface area contributed by atoms with Gasteiger partial charge < -0.3 is 15.5 Å². The number of benzene rings is 1. The summed E-state index contributed by atoms with van der Waals surface area (Å²) in [5.41, 5.74) is 2.85. The Bertz CT molecular complexity index is 495. The van der Waals surface area contributed by atoms with Crippen molar-refractivity contribution in [2.45, 2.75) is 33.6 Å². The largest absolute Gasteiger partial charge is 0.356 e. The molecule has 0 bridgehead atoms. The Morgan fingerprint density at radius 2 is 1.75 bits per heavy atom. The third kappa shape index (κ3) is 8.87. The van der Waals surface area contributed by atoms with Crippen LogP contribution in [0.3, 0.4) is 0 Å². The molecule has 24 heavy (non-hydrogen) atoms. The van der Waals surface area contributed by atoms with Gasteiger partial charge in [0.2, 0.25) is 0 Å². The Kier molecular flexibility index (Phi) is 10.6. The minimum absolute atomic E-state index is 0. The average Bonchev–Trinajstić information content (AvgIpc) is 2.46. The summed E-state index contributed by atoms with van der Waals surface area (Å²) in [5.74, 6) is 1.32. The third-order valence-corrected chi connectivity index (χ3v) is 3.92. The molecule has 0 spiro atoms. The minimum Gasteiger partial charge on any atom is -0.356 e. The van der Waals surface area contributed by atoms with E-state index in [1.54, 1.807) is 0 Å². The van der Waals surface area contributed by atoms with Crippen LogP contribution in [0.1, 0.15) is 37.8 Å². The van der Waals surface area contributed by atoms with Crippen molar-refractivity contribution in [3.05, 3.63) is 35.4 Å². The van der Waals surface area contributed by atoms with E-state index in [1.165, 1.54) is 11.1 Å². The van der Waals surface area contributed by atoms with Gasteiger partial charge in [-0.25, -0.2) is 0 Å². The molecule has 2 N–H and O–H groups in total. The second-order valence-electron chi connectivity index (χ2n) is 7.52. The summed E-state index contributed by atoms with van der Waals surface area (Å²) in [6.45, 7) is 11.7. The molecule has 1 unspecified atom stereocenters. The molecule has 5 heteroatoms. The zero-order valence-corrected chi connectivity index (χ0v) is 18.6. The topological polar surface area (TPSA) is 39.7 Å². The van der Waals surface area contributed by atoms with Gasteiger partial charge >= 0.3 is 0 Å². The summed E-state index contributed by atoms with van der Waals surface area (Å²) < 4.78 is 0. The van der Waals surface area contributed by atoms with Gasteiger partial charge in [-0.05, 0) is 37.9 Å². The van der Waals surface area contributed by atoms with E-state index in [4.69, 9.17) is 0 Å². The van der Waals surface area contributed by atoms with Crippen LogP contribution in [-0.2, 0) is 0 Å². The molecule has 1 atom stereocenters. The molecule has 0 saturated carbocycles. The zero-order chi connectivity index (χ0) is 17.5. The first kappa shape index (κ1) is 23.2. The lowest BCUT2D eigenvalue weighted by Gasteiger charge is -2.29. The van der Waals surface area contributed by atoms with Crippen LogP contribution >= 0.6 is 24.0 Å². The van der Waals surface area contributed by atoms with Crippen LogP contribution in [-0.4, -0.2) is 51.6 Å². The SMILES string of the molecule is CN=C(NCC(C)c1ccc(C)cc1)NCC(C)(C)CN(C)C.I. The molecule has 138 valence electrons. The number of halogens is 1. The van der Waals surface area contributed by atoms with Gasteiger partial charge in [0.1, 0.15) is 0 Å². The summed E-state index contributed by atoms with van der Waals surface area (Å²) in [5, 5.41) is 6.88. The van der Waals surface area contributed by atoms with Gasteiger partial charge in [0.15, 0.2) is 5.96 Å². The van der Waals surface area contributed by atoms with Crippen molar-refractivity contribution in [1.29, 1.82) is 0 Å². The molecule has 1 aromatic carbocycles. The number of hydrogen-bond acceptors (Lipinski definition) is 2. The molecule has 1 rings (SSSR count). The van der Waals surface area contributed by atoms with Crippen LogP contribution in [0.4, 0.5) is 0 Å². The van der Waals surface area contributed by atoms with E-state index in [-0.39, 0.29) is 29.4 Å². The Morgan fingerprint density at radius 1 is 1.17 bits per heavy atom. The molecular formula is C19H35IN4. The number of aryl methyl sites for hydroxylation is 1. The maximum atomic E-state index is 4.33. The first-order valence-electron chi connectivity index (χ1n) is 8.39. The first-order chi connectivity index (χ1) is 10.7. The molecule has 0 aliphatic carbocycles. The fourth-order valence-corrected chi connectivity index (χ4v) is 2.72. The maximum Gasteiger partial charge on any atom is 0.191 e. The molecule has 1 aromatic rings. The Hall–Kier alpha value is -0.820. The van der Waals surface area contributed by atoms with Gasteiger partial charge in [0.05, 0.1) is 0 Å². The Balaban J connectivity index is 0.00000529. The number of hydrogen-bond donors (Lipinski definition) is 2. The van der Waals surface area contributed by atoms with E-state index in [0.29, 0.717) is 5.92 Å². The summed E-state index contributed by atoms with van der Waals surface area (Å²) in [4.78, 5) is 6.55. The normalized spacial score (nSPS) is 13.4. The fraction of sp³-hybridized carbons (Fsp3) is 0.632. The molecule has 0 radical (unpaired) electrons. The van der Waals surface area contributed by atoms with Gasteiger partial charge in [0.25, 0.3) is 0 Å². The number of guanidine groups is 1. The predicted molar refractivity (Wildman–Crippen MR) is 117 cm³/mol. The van der Waals surface area contributed by atoms with Gasteiger partial charge in [-0.1, -0.05) is 50.6 Å². The smallest absolute Gasteiger partial charge is 0.191 e. The van der Waals surface area contributed by atoms with Crippen LogP contribution < -0.4 is 10.6 Å². The molecule has 0 aliphatic heterocycles. The van der Waals surface area contributed by atoms with Crippen LogP contribution in [0.5, 0.6) is 0 Å². The highest BCUT2D eigenvalue weighted by Gasteiger charge is 2.19. The lowest BCUT2D eigenvalue weighted by molar-refractivity contribution is 0.241. The van der Waals surface area contributed by atoms with Gasteiger partial charge in [0, 0.05) is 26.7 Å². The first-order valence-corrected chi connectivity index (χ1v) is 8.39. The fourth-order valence-electron chi connectivity index (χ4n) is 2.72.